The molecule has 0 aliphatic heterocycles. The number of benzene rings is 2. The highest BCUT2D eigenvalue weighted by atomic mass is 16.5. The van der Waals surface area contributed by atoms with E-state index in [1.54, 1.807) is 30.3 Å². The van der Waals surface area contributed by atoms with E-state index in [1.165, 1.54) is 6.42 Å². The van der Waals surface area contributed by atoms with Crippen LogP contribution >= 0.6 is 0 Å². The predicted octanol–water partition coefficient (Wildman–Crippen LogP) is 4.37. The second-order valence-corrected chi connectivity index (χ2v) is 7.75. The Hall–Kier alpha value is -3.59. The third kappa shape index (κ3) is 7.00. The zero-order valence-electron chi connectivity index (χ0n) is 17.7. The summed E-state index contributed by atoms with van der Waals surface area (Å²) in [5, 5.41) is 15.1. The molecule has 2 amide bonds. The van der Waals surface area contributed by atoms with E-state index in [0.29, 0.717) is 11.3 Å². The largest absolute Gasteiger partial charge is 0.484 e. The van der Waals surface area contributed by atoms with Gasteiger partial charge in [-0.1, -0.05) is 49.1 Å². The lowest BCUT2D eigenvalue weighted by molar-refractivity contribution is -0.118. The summed E-state index contributed by atoms with van der Waals surface area (Å²) in [6, 6.07) is 16.6. The van der Waals surface area contributed by atoms with Crippen LogP contribution in [0.5, 0.6) is 5.75 Å². The maximum atomic E-state index is 12.4. The summed E-state index contributed by atoms with van der Waals surface area (Å²) in [7, 11) is 0. The molecule has 6 heteroatoms. The Bertz CT molecular complexity index is 967. The number of hydrogen-bond acceptors (Lipinski definition) is 4. The molecule has 6 nitrogen and oxygen atoms in total. The van der Waals surface area contributed by atoms with E-state index in [-0.39, 0.29) is 30.0 Å². The van der Waals surface area contributed by atoms with E-state index in [4.69, 9.17) is 4.74 Å². The van der Waals surface area contributed by atoms with Crippen molar-refractivity contribution in [2.24, 2.45) is 0 Å². The molecule has 31 heavy (non-hydrogen) atoms. The molecule has 0 unspecified atom stereocenters. The maximum absolute atomic E-state index is 12.4. The van der Waals surface area contributed by atoms with Crippen LogP contribution in [0.1, 0.15) is 43.2 Å². The fourth-order valence-electron chi connectivity index (χ4n) is 3.47. The van der Waals surface area contributed by atoms with Crippen molar-refractivity contribution in [2.75, 3.05) is 11.9 Å². The first-order chi connectivity index (χ1) is 15.0. The molecule has 3 rings (SSSR count). The number of carbonyl (C=O) groups excluding carboxylic acids is 2. The molecule has 160 valence electrons. The molecule has 1 saturated carbocycles. The van der Waals surface area contributed by atoms with Crippen molar-refractivity contribution in [1.82, 2.24) is 5.32 Å². The molecule has 0 radical (unpaired) electrons. The summed E-state index contributed by atoms with van der Waals surface area (Å²) in [5.41, 5.74) is 2.63. The van der Waals surface area contributed by atoms with Gasteiger partial charge in [0.05, 0.1) is 0 Å². The molecule has 2 N–H and O–H groups in total. The van der Waals surface area contributed by atoms with Gasteiger partial charge in [0, 0.05) is 11.7 Å². The Morgan fingerprint density at radius 1 is 1.06 bits per heavy atom. The lowest BCUT2D eigenvalue weighted by Crippen LogP contribution is -2.36. The number of aryl methyl sites for hydroxylation is 1. The minimum atomic E-state index is -0.331. The minimum Gasteiger partial charge on any atom is -0.484 e. The monoisotopic (exact) mass is 417 g/mol. The number of nitrogens with one attached hydrogen (secondary N) is 2. The third-order valence-electron chi connectivity index (χ3n) is 5.20. The fourth-order valence-corrected chi connectivity index (χ4v) is 3.47. The van der Waals surface area contributed by atoms with Crippen LogP contribution in [0.25, 0.3) is 6.08 Å². The number of rotatable bonds is 7. The van der Waals surface area contributed by atoms with Crippen LogP contribution < -0.4 is 15.4 Å². The first kappa shape index (κ1) is 22.1. The molecule has 0 heterocycles. The lowest BCUT2D eigenvalue weighted by atomic mass is 9.95. The fraction of sp³-hybridized carbons (Fsp3) is 0.320. The van der Waals surface area contributed by atoms with Crippen molar-refractivity contribution in [3.63, 3.8) is 0 Å². The average molecular weight is 418 g/mol. The quantitative estimate of drug-likeness (QED) is 0.517. The Balaban J connectivity index is 1.52. The molecule has 0 saturated heterocycles. The second kappa shape index (κ2) is 11.0. The Morgan fingerprint density at radius 3 is 2.39 bits per heavy atom. The number of carbonyl (C=O) groups is 2. The standard InChI is InChI=1S/C25H27N3O3/c1-18-7-11-22(12-8-18)27-24(29)17-31-23-13-9-19(10-14-23)15-20(16-26)25(30)28-21-5-3-2-4-6-21/h7-15,21H,2-6,17H2,1H3,(H,27,29)(H,28,30)/b20-15+. The molecule has 1 aliphatic rings. The molecule has 1 fully saturated rings. The van der Waals surface area contributed by atoms with Crippen LogP contribution in [0.2, 0.25) is 0 Å². The van der Waals surface area contributed by atoms with Gasteiger partial charge in [-0.05, 0) is 55.7 Å². The van der Waals surface area contributed by atoms with Crippen LogP contribution in [0.4, 0.5) is 5.69 Å². The van der Waals surface area contributed by atoms with Crippen LogP contribution in [0.15, 0.2) is 54.1 Å². The van der Waals surface area contributed by atoms with E-state index >= 15 is 0 Å². The molecule has 2 aromatic rings. The van der Waals surface area contributed by atoms with Gasteiger partial charge in [0.25, 0.3) is 11.8 Å². The predicted molar refractivity (Wildman–Crippen MR) is 120 cm³/mol. The van der Waals surface area contributed by atoms with Gasteiger partial charge in [0.2, 0.25) is 0 Å². The minimum absolute atomic E-state index is 0.0803. The van der Waals surface area contributed by atoms with Gasteiger partial charge >= 0.3 is 0 Å². The highest BCUT2D eigenvalue weighted by molar-refractivity contribution is 6.01. The SMILES string of the molecule is Cc1ccc(NC(=O)COc2ccc(/C=C(\C#N)C(=O)NC3CCCCC3)cc2)cc1. The van der Waals surface area contributed by atoms with Gasteiger partial charge < -0.3 is 15.4 Å². The smallest absolute Gasteiger partial charge is 0.262 e. The van der Waals surface area contributed by atoms with Gasteiger partial charge in [-0.25, -0.2) is 0 Å². The van der Waals surface area contributed by atoms with Crippen LogP contribution in [-0.2, 0) is 9.59 Å². The number of hydrogen-bond donors (Lipinski definition) is 2. The van der Waals surface area contributed by atoms with Crippen molar-refractivity contribution < 1.29 is 14.3 Å². The van der Waals surface area contributed by atoms with Gasteiger partial charge in [-0.15, -0.1) is 0 Å². The summed E-state index contributed by atoms with van der Waals surface area (Å²) >= 11 is 0. The summed E-state index contributed by atoms with van der Waals surface area (Å²) in [6.07, 6.45) is 6.92. The van der Waals surface area contributed by atoms with Crippen molar-refractivity contribution >= 4 is 23.6 Å². The molecule has 2 aromatic carbocycles. The van der Waals surface area contributed by atoms with Gasteiger partial charge in [-0.2, -0.15) is 5.26 Å². The van der Waals surface area contributed by atoms with Gasteiger partial charge in [0.1, 0.15) is 17.4 Å². The molecule has 0 spiro atoms. The Labute approximate surface area is 182 Å². The van der Waals surface area contributed by atoms with Gasteiger partial charge in [-0.3, -0.25) is 9.59 Å². The Morgan fingerprint density at radius 2 is 1.74 bits per heavy atom. The molecule has 0 bridgehead atoms. The van der Waals surface area contributed by atoms with E-state index < -0.39 is 0 Å². The summed E-state index contributed by atoms with van der Waals surface area (Å²) in [5.74, 6) is -0.0529. The van der Waals surface area contributed by atoms with Crippen LogP contribution in [0.3, 0.4) is 0 Å². The summed E-state index contributed by atoms with van der Waals surface area (Å²) in [6.45, 7) is 1.87. The van der Waals surface area contributed by atoms with Crippen molar-refractivity contribution in [3.8, 4) is 11.8 Å². The Kier molecular flexibility index (Phi) is 7.83. The van der Waals surface area contributed by atoms with E-state index in [9.17, 15) is 14.9 Å². The molecular formula is C25H27N3O3. The lowest BCUT2D eigenvalue weighted by Gasteiger charge is -2.22. The third-order valence-corrected chi connectivity index (χ3v) is 5.20. The number of anilines is 1. The molecule has 0 aromatic heterocycles. The zero-order chi connectivity index (χ0) is 22.1. The molecular weight excluding hydrogens is 390 g/mol. The number of amides is 2. The summed E-state index contributed by atoms with van der Waals surface area (Å²) in [4.78, 5) is 24.4. The van der Waals surface area contributed by atoms with E-state index in [0.717, 1.165) is 36.9 Å². The highest BCUT2D eigenvalue weighted by Crippen LogP contribution is 2.19. The maximum Gasteiger partial charge on any atom is 0.262 e. The number of nitrogens with zero attached hydrogens (tertiary/aromatic N) is 1. The first-order valence-corrected chi connectivity index (χ1v) is 10.6. The summed E-state index contributed by atoms with van der Waals surface area (Å²) < 4.78 is 5.52. The first-order valence-electron chi connectivity index (χ1n) is 10.6. The normalized spacial score (nSPS) is 14.4. The highest BCUT2D eigenvalue weighted by Gasteiger charge is 2.18. The number of nitriles is 1. The van der Waals surface area contributed by atoms with Crippen LogP contribution in [0, 0.1) is 18.3 Å². The molecule has 1 aliphatic carbocycles. The topological polar surface area (TPSA) is 91.2 Å². The van der Waals surface area contributed by atoms with Crippen molar-refractivity contribution in [3.05, 3.63) is 65.2 Å². The second-order valence-electron chi connectivity index (χ2n) is 7.75. The van der Waals surface area contributed by atoms with Crippen molar-refractivity contribution in [1.29, 1.82) is 5.26 Å². The van der Waals surface area contributed by atoms with Crippen LogP contribution in [-0.4, -0.2) is 24.5 Å². The van der Waals surface area contributed by atoms with Crippen molar-refractivity contribution in [2.45, 2.75) is 45.1 Å². The molecule has 0 atom stereocenters. The van der Waals surface area contributed by atoms with Gasteiger partial charge in [0.15, 0.2) is 6.61 Å². The number of ether oxygens (including phenoxy) is 1. The van der Waals surface area contributed by atoms with E-state index in [1.807, 2.05) is 37.3 Å². The average Bonchev–Trinajstić information content (AvgIpc) is 2.79. The van der Waals surface area contributed by atoms with E-state index in [2.05, 4.69) is 10.6 Å². The zero-order valence-corrected chi connectivity index (χ0v) is 17.7.